The zero-order valence-corrected chi connectivity index (χ0v) is 12.3. The van der Waals surface area contributed by atoms with Gasteiger partial charge in [-0.1, -0.05) is 29.3 Å². The number of hydrogen-bond donors (Lipinski definition) is 1. The SMILES string of the molecule is CC(C)NC(=O)[C@@H](C)Sc1c(Cl)cccc1Cl. The van der Waals surface area contributed by atoms with Crippen molar-refractivity contribution in [1.82, 2.24) is 5.32 Å². The predicted molar refractivity (Wildman–Crippen MR) is 75.1 cm³/mol. The van der Waals surface area contributed by atoms with Crippen LogP contribution in [0.15, 0.2) is 23.1 Å². The van der Waals surface area contributed by atoms with E-state index in [2.05, 4.69) is 5.32 Å². The summed E-state index contributed by atoms with van der Waals surface area (Å²) in [7, 11) is 0. The van der Waals surface area contributed by atoms with Crippen LogP contribution in [-0.4, -0.2) is 17.2 Å². The number of nitrogens with one attached hydrogen (secondary N) is 1. The van der Waals surface area contributed by atoms with Gasteiger partial charge in [-0.2, -0.15) is 0 Å². The molecule has 1 rings (SSSR count). The van der Waals surface area contributed by atoms with Gasteiger partial charge in [0.05, 0.1) is 15.3 Å². The van der Waals surface area contributed by atoms with E-state index in [4.69, 9.17) is 23.2 Å². The molecular weight excluding hydrogens is 277 g/mol. The largest absolute Gasteiger partial charge is 0.353 e. The molecule has 0 saturated heterocycles. The fourth-order valence-electron chi connectivity index (χ4n) is 1.23. The lowest BCUT2D eigenvalue weighted by Gasteiger charge is -2.15. The third-order valence-electron chi connectivity index (χ3n) is 2.01. The van der Waals surface area contributed by atoms with Crippen LogP contribution in [0.3, 0.4) is 0 Å². The molecule has 5 heteroatoms. The summed E-state index contributed by atoms with van der Waals surface area (Å²) in [6.45, 7) is 5.69. The van der Waals surface area contributed by atoms with Crippen molar-refractivity contribution in [3.05, 3.63) is 28.2 Å². The summed E-state index contributed by atoms with van der Waals surface area (Å²) in [5, 5.41) is 3.78. The lowest BCUT2D eigenvalue weighted by Crippen LogP contribution is -2.35. The zero-order chi connectivity index (χ0) is 13.0. The van der Waals surface area contributed by atoms with Crippen LogP contribution >= 0.6 is 35.0 Å². The van der Waals surface area contributed by atoms with Gasteiger partial charge in [0.15, 0.2) is 0 Å². The number of benzene rings is 1. The van der Waals surface area contributed by atoms with E-state index in [-0.39, 0.29) is 17.2 Å². The highest BCUT2D eigenvalue weighted by Crippen LogP contribution is 2.36. The minimum absolute atomic E-state index is 0.0130. The van der Waals surface area contributed by atoms with Crippen LogP contribution in [0.25, 0.3) is 0 Å². The van der Waals surface area contributed by atoms with Crippen LogP contribution in [-0.2, 0) is 4.79 Å². The average molecular weight is 292 g/mol. The van der Waals surface area contributed by atoms with Crippen molar-refractivity contribution >= 4 is 40.9 Å². The fourth-order valence-corrected chi connectivity index (χ4v) is 2.78. The van der Waals surface area contributed by atoms with Crippen molar-refractivity contribution in [1.29, 1.82) is 0 Å². The maximum absolute atomic E-state index is 11.8. The van der Waals surface area contributed by atoms with Gasteiger partial charge in [0.2, 0.25) is 5.91 Å². The van der Waals surface area contributed by atoms with E-state index in [9.17, 15) is 4.79 Å². The smallest absolute Gasteiger partial charge is 0.233 e. The number of carbonyl (C=O) groups excluding carboxylic acids is 1. The van der Waals surface area contributed by atoms with Gasteiger partial charge < -0.3 is 5.32 Å². The molecule has 0 aliphatic rings. The average Bonchev–Trinajstić information content (AvgIpc) is 2.22. The topological polar surface area (TPSA) is 29.1 Å². The summed E-state index contributed by atoms with van der Waals surface area (Å²) in [5.41, 5.74) is 0. The van der Waals surface area contributed by atoms with Gasteiger partial charge in [-0.3, -0.25) is 4.79 Å². The van der Waals surface area contributed by atoms with Crippen molar-refractivity contribution in [2.75, 3.05) is 0 Å². The molecule has 0 spiro atoms. The van der Waals surface area contributed by atoms with Crippen LogP contribution in [0, 0.1) is 0 Å². The zero-order valence-electron chi connectivity index (χ0n) is 9.96. The third kappa shape index (κ3) is 4.41. The van der Waals surface area contributed by atoms with E-state index in [1.165, 1.54) is 11.8 Å². The maximum atomic E-state index is 11.8. The van der Waals surface area contributed by atoms with Crippen LogP contribution < -0.4 is 5.32 Å². The number of thioether (sulfide) groups is 1. The second-order valence-electron chi connectivity index (χ2n) is 3.97. The molecule has 1 atom stereocenters. The Kier molecular flexibility index (Phi) is 5.63. The number of hydrogen-bond acceptors (Lipinski definition) is 2. The molecule has 17 heavy (non-hydrogen) atoms. The minimum Gasteiger partial charge on any atom is -0.353 e. The molecule has 0 unspecified atom stereocenters. The summed E-state index contributed by atoms with van der Waals surface area (Å²) in [6, 6.07) is 5.45. The number of rotatable bonds is 4. The van der Waals surface area contributed by atoms with E-state index >= 15 is 0 Å². The first kappa shape index (κ1) is 14.7. The van der Waals surface area contributed by atoms with Gasteiger partial charge in [0.1, 0.15) is 0 Å². The van der Waals surface area contributed by atoms with E-state index < -0.39 is 0 Å². The van der Waals surface area contributed by atoms with Crippen molar-refractivity contribution in [3.63, 3.8) is 0 Å². The first-order chi connectivity index (χ1) is 7.91. The molecule has 0 bridgehead atoms. The summed E-state index contributed by atoms with van der Waals surface area (Å²) < 4.78 is 0. The van der Waals surface area contributed by atoms with Gasteiger partial charge in [0.25, 0.3) is 0 Å². The first-order valence-corrected chi connectivity index (χ1v) is 6.96. The van der Waals surface area contributed by atoms with Gasteiger partial charge >= 0.3 is 0 Å². The van der Waals surface area contributed by atoms with E-state index in [0.29, 0.717) is 10.0 Å². The van der Waals surface area contributed by atoms with Crippen molar-refractivity contribution in [2.45, 2.75) is 37.0 Å². The quantitative estimate of drug-likeness (QED) is 0.850. The summed E-state index contributed by atoms with van der Waals surface area (Å²) >= 11 is 13.5. The Labute approximate surface area is 116 Å². The Morgan fingerprint density at radius 2 is 1.76 bits per heavy atom. The van der Waals surface area contributed by atoms with Gasteiger partial charge in [-0.25, -0.2) is 0 Å². The Morgan fingerprint density at radius 1 is 1.24 bits per heavy atom. The van der Waals surface area contributed by atoms with Gasteiger partial charge in [-0.05, 0) is 32.9 Å². The van der Waals surface area contributed by atoms with Gasteiger partial charge in [0, 0.05) is 10.9 Å². The molecule has 0 aromatic heterocycles. The Hall–Kier alpha value is -0.380. The molecule has 0 aliphatic heterocycles. The summed E-state index contributed by atoms with van der Waals surface area (Å²) in [4.78, 5) is 12.5. The third-order valence-corrected chi connectivity index (χ3v) is 4.11. The minimum atomic E-state index is -0.227. The van der Waals surface area contributed by atoms with Crippen LogP contribution in [0.5, 0.6) is 0 Å². The molecule has 2 nitrogen and oxygen atoms in total. The molecular formula is C12H15Cl2NOS. The molecule has 0 saturated carbocycles. The molecule has 0 heterocycles. The number of amides is 1. The lowest BCUT2D eigenvalue weighted by molar-refractivity contribution is -0.120. The Balaban J connectivity index is 2.74. The highest BCUT2D eigenvalue weighted by atomic mass is 35.5. The van der Waals surface area contributed by atoms with E-state index in [1.54, 1.807) is 18.2 Å². The van der Waals surface area contributed by atoms with Crippen molar-refractivity contribution in [3.8, 4) is 0 Å². The Morgan fingerprint density at radius 3 is 2.24 bits per heavy atom. The van der Waals surface area contributed by atoms with Crippen LogP contribution in [0.4, 0.5) is 0 Å². The van der Waals surface area contributed by atoms with E-state index in [1.807, 2.05) is 20.8 Å². The summed E-state index contributed by atoms with van der Waals surface area (Å²) in [6.07, 6.45) is 0. The first-order valence-electron chi connectivity index (χ1n) is 5.33. The molecule has 0 fully saturated rings. The van der Waals surface area contributed by atoms with Gasteiger partial charge in [-0.15, -0.1) is 11.8 Å². The number of halogens is 2. The number of carbonyl (C=O) groups is 1. The molecule has 1 amide bonds. The normalized spacial score (nSPS) is 12.6. The summed E-state index contributed by atoms with van der Waals surface area (Å²) in [5.74, 6) is -0.0130. The molecule has 1 aromatic rings. The molecule has 94 valence electrons. The fraction of sp³-hybridized carbons (Fsp3) is 0.417. The predicted octanol–water partition coefficient (Wildman–Crippen LogP) is 4.00. The molecule has 0 aliphatic carbocycles. The molecule has 0 radical (unpaired) electrons. The maximum Gasteiger partial charge on any atom is 0.233 e. The highest BCUT2D eigenvalue weighted by molar-refractivity contribution is 8.00. The molecule has 1 aromatic carbocycles. The highest BCUT2D eigenvalue weighted by Gasteiger charge is 2.18. The van der Waals surface area contributed by atoms with Crippen molar-refractivity contribution < 1.29 is 4.79 Å². The van der Waals surface area contributed by atoms with Crippen LogP contribution in [0.1, 0.15) is 20.8 Å². The van der Waals surface area contributed by atoms with Crippen LogP contribution in [0.2, 0.25) is 10.0 Å². The second-order valence-corrected chi connectivity index (χ2v) is 6.14. The standard InChI is InChI=1S/C12H15Cl2NOS/c1-7(2)15-12(16)8(3)17-11-9(13)5-4-6-10(11)14/h4-8H,1-3H3,(H,15,16)/t8-/m1/s1. The Bertz CT molecular complexity index is 389. The molecule has 1 N–H and O–H groups in total. The van der Waals surface area contributed by atoms with Crippen molar-refractivity contribution in [2.24, 2.45) is 0 Å². The lowest BCUT2D eigenvalue weighted by atomic mass is 10.3. The van der Waals surface area contributed by atoms with E-state index in [0.717, 1.165) is 4.90 Å². The second kappa shape index (κ2) is 6.53. The monoisotopic (exact) mass is 291 g/mol.